The average molecular weight is 603 g/mol. The SMILES string of the molecule is Cc1nc2ccccc2n1C1C[C@@H]2CC[C@@H](C1)N2CCC1(CN(C)S(=O)(=O)c2cccc(Cl)c2)CCc2ccccc21. The van der Waals surface area contributed by atoms with E-state index in [1.807, 2.05) is 0 Å². The second-order valence-electron chi connectivity index (χ2n) is 12.7. The third-order valence-corrected chi connectivity index (χ3v) is 12.4. The van der Waals surface area contributed by atoms with Crippen LogP contribution in [-0.4, -0.2) is 59.4 Å². The average Bonchev–Trinajstić information content (AvgIpc) is 3.59. The molecule has 6 nitrogen and oxygen atoms in total. The van der Waals surface area contributed by atoms with E-state index in [9.17, 15) is 8.42 Å². The highest BCUT2D eigenvalue weighted by atomic mass is 35.5. The number of likely N-dealkylation sites (N-methyl/N-ethyl adjacent to an activating group) is 1. The lowest BCUT2D eigenvalue weighted by Gasteiger charge is -2.42. The van der Waals surface area contributed by atoms with Gasteiger partial charge in [0.2, 0.25) is 10.0 Å². The number of nitrogens with zero attached hydrogens (tertiary/aromatic N) is 4. The zero-order valence-electron chi connectivity index (χ0n) is 24.4. The minimum absolute atomic E-state index is 0.218. The van der Waals surface area contributed by atoms with Crippen molar-refractivity contribution >= 4 is 32.7 Å². The Bertz CT molecular complexity index is 1720. The number of fused-ring (bicyclic) bond motifs is 4. The zero-order chi connectivity index (χ0) is 29.1. The van der Waals surface area contributed by atoms with Crippen LogP contribution in [0.1, 0.15) is 61.5 Å². The first-order chi connectivity index (χ1) is 20.2. The fourth-order valence-corrected chi connectivity index (χ4v) is 9.93. The molecule has 1 aromatic heterocycles. The van der Waals surface area contributed by atoms with Crippen LogP contribution in [0.4, 0.5) is 0 Å². The van der Waals surface area contributed by atoms with Gasteiger partial charge in [-0.25, -0.2) is 17.7 Å². The summed E-state index contributed by atoms with van der Waals surface area (Å²) in [6.07, 6.45) is 7.66. The summed E-state index contributed by atoms with van der Waals surface area (Å²) in [6.45, 7) is 3.60. The Kier molecular flexibility index (Phi) is 7.21. The van der Waals surface area contributed by atoms with Gasteiger partial charge < -0.3 is 4.57 Å². The van der Waals surface area contributed by atoms with Gasteiger partial charge in [-0.2, -0.15) is 0 Å². The minimum Gasteiger partial charge on any atom is -0.325 e. The summed E-state index contributed by atoms with van der Waals surface area (Å²) in [4.78, 5) is 7.87. The zero-order valence-corrected chi connectivity index (χ0v) is 26.0. The topological polar surface area (TPSA) is 58.4 Å². The van der Waals surface area contributed by atoms with Crippen molar-refractivity contribution in [2.24, 2.45) is 0 Å². The van der Waals surface area contributed by atoms with Crippen molar-refractivity contribution in [2.45, 2.75) is 80.3 Å². The Balaban J connectivity index is 1.13. The quantitative estimate of drug-likeness (QED) is 0.224. The van der Waals surface area contributed by atoms with Crippen LogP contribution in [0.2, 0.25) is 5.02 Å². The fourth-order valence-electron chi connectivity index (χ4n) is 8.38. The van der Waals surface area contributed by atoms with E-state index in [-0.39, 0.29) is 10.3 Å². The van der Waals surface area contributed by atoms with Crippen molar-refractivity contribution in [3.8, 4) is 0 Å². The molecule has 8 heteroatoms. The van der Waals surface area contributed by atoms with Crippen molar-refractivity contribution < 1.29 is 8.42 Å². The molecule has 1 aliphatic carbocycles. The van der Waals surface area contributed by atoms with E-state index in [0.29, 0.717) is 29.7 Å². The third kappa shape index (κ3) is 4.79. The molecule has 2 saturated heterocycles. The lowest BCUT2D eigenvalue weighted by atomic mass is 9.78. The molecule has 3 atom stereocenters. The van der Waals surface area contributed by atoms with E-state index in [1.54, 1.807) is 35.6 Å². The van der Waals surface area contributed by atoms with Crippen molar-refractivity contribution in [2.75, 3.05) is 20.1 Å². The van der Waals surface area contributed by atoms with Crippen molar-refractivity contribution in [3.05, 3.63) is 94.8 Å². The summed E-state index contributed by atoms with van der Waals surface area (Å²) in [5.41, 5.74) is 4.79. The standard InChI is InChI=1S/C34H39ClN4O2S/c1-24-36-32-12-5-6-13-33(32)39(24)29-21-27-14-15-28(22-29)38(27)19-18-34(17-16-25-8-3-4-11-31(25)34)23-37(2)42(40,41)30-10-7-9-26(35)20-30/h3-13,20,27-29H,14-19,21-23H2,1-2H3/t27-,28-,34?/m0/s1. The second kappa shape index (κ2) is 10.8. The van der Waals surface area contributed by atoms with E-state index < -0.39 is 10.0 Å². The van der Waals surface area contributed by atoms with Crippen molar-refractivity contribution in [1.82, 2.24) is 18.8 Å². The summed E-state index contributed by atoms with van der Waals surface area (Å²) >= 11 is 6.18. The highest BCUT2D eigenvalue weighted by molar-refractivity contribution is 7.89. The number of para-hydroxylation sites is 2. The van der Waals surface area contributed by atoms with E-state index >= 15 is 0 Å². The Morgan fingerprint density at radius 3 is 2.50 bits per heavy atom. The molecular weight excluding hydrogens is 564 g/mol. The molecule has 1 unspecified atom stereocenters. The van der Waals surface area contributed by atoms with Gasteiger partial charge >= 0.3 is 0 Å². The van der Waals surface area contributed by atoms with E-state index in [2.05, 4.69) is 64.9 Å². The molecule has 4 aromatic rings. The fraction of sp³-hybridized carbons (Fsp3) is 0.441. The number of hydrogen-bond acceptors (Lipinski definition) is 4. The minimum atomic E-state index is -3.67. The summed E-state index contributed by atoms with van der Waals surface area (Å²) < 4.78 is 31.4. The second-order valence-corrected chi connectivity index (χ2v) is 15.2. The Hall–Kier alpha value is -2.71. The maximum Gasteiger partial charge on any atom is 0.242 e. The van der Waals surface area contributed by atoms with Gasteiger partial charge in [-0.15, -0.1) is 0 Å². The Morgan fingerprint density at radius 2 is 1.71 bits per heavy atom. The predicted molar refractivity (Wildman–Crippen MR) is 169 cm³/mol. The molecule has 0 radical (unpaired) electrons. The van der Waals surface area contributed by atoms with Crippen LogP contribution in [-0.2, 0) is 21.9 Å². The number of benzene rings is 3. The molecule has 0 spiro atoms. The highest BCUT2D eigenvalue weighted by Crippen LogP contribution is 2.46. The first-order valence-electron chi connectivity index (χ1n) is 15.2. The largest absolute Gasteiger partial charge is 0.325 e. The molecule has 3 aromatic carbocycles. The normalized spacial score (nSPS) is 25.9. The van der Waals surface area contributed by atoms with Gasteiger partial charge in [-0.1, -0.05) is 54.1 Å². The number of aryl methyl sites for hydroxylation is 2. The van der Waals surface area contributed by atoms with Gasteiger partial charge in [0.05, 0.1) is 15.9 Å². The van der Waals surface area contributed by atoms with Crippen molar-refractivity contribution in [1.29, 1.82) is 0 Å². The number of rotatable bonds is 8. The van der Waals surface area contributed by atoms with Gasteiger partial charge in [0, 0.05) is 42.2 Å². The van der Waals surface area contributed by atoms with Gasteiger partial charge in [0.1, 0.15) is 5.82 Å². The predicted octanol–water partition coefficient (Wildman–Crippen LogP) is 6.76. The highest BCUT2D eigenvalue weighted by Gasteiger charge is 2.45. The van der Waals surface area contributed by atoms with Gasteiger partial charge in [-0.05, 0) is 99.9 Å². The van der Waals surface area contributed by atoms with Crippen LogP contribution in [0.5, 0.6) is 0 Å². The molecule has 7 rings (SSSR count). The van der Waals surface area contributed by atoms with Crippen LogP contribution in [0, 0.1) is 6.92 Å². The molecule has 0 N–H and O–H groups in total. The van der Waals surface area contributed by atoms with Crippen LogP contribution < -0.4 is 0 Å². The number of imidazole rings is 1. The third-order valence-electron chi connectivity index (χ3n) is 10.3. The molecular formula is C34H39ClN4O2S. The lowest BCUT2D eigenvalue weighted by molar-refractivity contribution is 0.0949. The number of hydrogen-bond donors (Lipinski definition) is 0. The van der Waals surface area contributed by atoms with Gasteiger partial charge in [-0.3, -0.25) is 4.90 Å². The van der Waals surface area contributed by atoms with E-state index in [1.165, 1.54) is 29.5 Å². The van der Waals surface area contributed by atoms with Crippen LogP contribution in [0.15, 0.2) is 77.7 Å². The van der Waals surface area contributed by atoms with Crippen LogP contribution in [0.25, 0.3) is 11.0 Å². The molecule has 2 aliphatic heterocycles. The number of piperidine rings is 1. The Morgan fingerprint density at radius 1 is 0.976 bits per heavy atom. The number of halogens is 1. The smallest absolute Gasteiger partial charge is 0.242 e. The monoisotopic (exact) mass is 602 g/mol. The molecule has 0 amide bonds. The van der Waals surface area contributed by atoms with Crippen LogP contribution >= 0.6 is 11.6 Å². The summed E-state index contributed by atoms with van der Waals surface area (Å²) in [5.74, 6) is 1.11. The van der Waals surface area contributed by atoms with E-state index in [0.717, 1.165) is 50.0 Å². The summed E-state index contributed by atoms with van der Waals surface area (Å²) in [5, 5.41) is 0.433. The van der Waals surface area contributed by atoms with Gasteiger partial charge in [0.15, 0.2) is 0 Å². The number of sulfonamides is 1. The lowest BCUT2D eigenvalue weighted by Crippen LogP contribution is -2.47. The number of aromatic nitrogens is 2. The molecule has 42 heavy (non-hydrogen) atoms. The molecule has 0 saturated carbocycles. The Labute approximate surface area is 254 Å². The summed E-state index contributed by atoms with van der Waals surface area (Å²) in [7, 11) is -1.94. The van der Waals surface area contributed by atoms with Crippen LogP contribution in [0.3, 0.4) is 0 Å². The first-order valence-corrected chi connectivity index (χ1v) is 17.1. The molecule has 220 valence electrons. The van der Waals surface area contributed by atoms with E-state index in [4.69, 9.17) is 16.6 Å². The van der Waals surface area contributed by atoms with Crippen molar-refractivity contribution in [3.63, 3.8) is 0 Å². The van der Waals surface area contributed by atoms with Gasteiger partial charge in [0.25, 0.3) is 0 Å². The molecule has 3 heterocycles. The summed E-state index contributed by atoms with van der Waals surface area (Å²) in [6, 6.07) is 25.4. The maximum atomic E-state index is 13.7. The molecule has 3 aliphatic rings. The maximum absolute atomic E-state index is 13.7. The molecule has 2 fully saturated rings. The first kappa shape index (κ1) is 28.1. The molecule has 2 bridgehead atoms.